The molecule has 0 saturated carbocycles. The van der Waals surface area contributed by atoms with Crippen molar-refractivity contribution in [1.82, 2.24) is 9.55 Å². The number of nitrogens with two attached hydrogens (primary N) is 1. The van der Waals surface area contributed by atoms with Crippen molar-refractivity contribution < 1.29 is 8.78 Å². The summed E-state index contributed by atoms with van der Waals surface area (Å²) in [6.07, 6.45) is 3.86. The zero-order chi connectivity index (χ0) is 13.1. The van der Waals surface area contributed by atoms with Crippen LogP contribution in [0.5, 0.6) is 0 Å². The Morgan fingerprint density at radius 1 is 1.28 bits per heavy atom. The summed E-state index contributed by atoms with van der Waals surface area (Å²) in [5, 5.41) is 0. The molecule has 0 radical (unpaired) electrons. The SMILES string of the molecule is CCn1ccnc1C(N)Cc1cc(F)cc(F)c1. The molecular formula is C13H15F2N3. The molecule has 5 heteroatoms. The van der Waals surface area contributed by atoms with Crippen LogP contribution < -0.4 is 5.73 Å². The van der Waals surface area contributed by atoms with Gasteiger partial charge < -0.3 is 10.3 Å². The van der Waals surface area contributed by atoms with Gasteiger partial charge in [0.05, 0.1) is 6.04 Å². The third kappa shape index (κ3) is 2.73. The summed E-state index contributed by atoms with van der Waals surface area (Å²) >= 11 is 0. The molecule has 2 aromatic rings. The number of hydrogen-bond donors (Lipinski definition) is 1. The van der Waals surface area contributed by atoms with Gasteiger partial charge in [-0.1, -0.05) is 0 Å². The third-order valence-corrected chi connectivity index (χ3v) is 2.80. The van der Waals surface area contributed by atoms with Gasteiger partial charge in [-0.2, -0.15) is 0 Å². The van der Waals surface area contributed by atoms with E-state index in [1.54, 1.807) is 6.20 Å². The highest BCUT2D eigenvalue weighted by molar-refractivity contribution is 5.20. The van der Waals surface area contributed by atoms with E-state index in [-0.39, 0.29) is 6.04 Å². The minimum atomic E-state index is -0.587. The molecule has 96 valence electrons. The lowest BCUT2D eigenvalue weighted by atomic mass is 10.1. The van der Waals surface area contributed by atoms with Crippen LogP contribution in [0.3, 0.4) is 0 Å². The summed E-state index contributed by atoms with van der Waals surface area (Å²) in [7, 11) is 0. The lowest BCUT2D eigenvalue weighted by Crippen LogP contribution is -2.18. The predicted octanol–water partition coefficient (Wildman–Crippen LogP) is 2.42. The van der Waals surface area contributed by atoms with Crippen LogP contribution in [-0.2, 0) is 13.0 Å². The monoisotopic (exact) mass is 251 g/mol. The second-order valence-corrected chi connectivity index (χ2v) is 4.16. The van der Waals surface area contributed by atoms with Gasteiger partial charge in [-0.15, -0.1) is 0 Å². The second-order valence-electron chi connectivity index (χ2n) is 4.16. The summed E-state index contributed by atoms with van der Waals surface area (Å²) < 4.78 is 28.0. The maximum atomic E-state index is 13.1. The van der Waals surface area contributed by atoms with Gasteiger partial charge in [-0.25, -0.2) is 13.8 Å². The topological polar surface area (TPSA) is 43.8 Å². The van der Waals surface area contributed by atoms with Crippen molar-refractivity contribution >= 4 is 0 Å². The van der Waals surface area contributed by atoms with Crippen LogP contribution in [0.1, 0.15) is 24.4 Å². The van der Waals surface area contributed by atoms with Gasteiger partial charge in [-0.05, 0) is 31.0 Å². The van der Waals surface area contributed by atoms with Gasteiger partial charge in [0, 0.05) is 25.0 Å². The molecule has 1 aromatic carbocycles. The summed E-state index contributed by atoms with van der Waals surface area (Å²) in [4.78, 5) is 4.18. The number of rotatable bonds is 4. The smallest absolute Gasteiger partial charge is 0.126 e. The minimum absolute atomic E-state index is 0.353. The van der Waals surface area contributed by atoms with Crippen molar-refractivity contribution in [2.45, 2.75) is 25.9 Å². The molecule has 1 aromatic heterocycles. The van der Waals surface area contributed by atoms with Gasteiger partial charge >= 0.3 is 0 Å². The van der Waals surface area contributed by atoms with Crippen molar-refractivity contribution in [3.8, 4) is 0 Å². The Morgan fingerprint density at radius 2 is 1.94 bits per heavy atom. The highest BCUT2D eigenvalue weighted by Crippen LogP contribution is 2.16. The van der Waals surface area contributed by atoms with E-state index in [0.717, 1.165) is 18.4 Å². The first-order valence-corrected chi connectivity index (χ1v) is 5.81. The van der Waals surface area contributed by atoms with E-state index in [0.29, 0.717) is 12.0 Å². The number of halogens is 2. The van der Waals surface area contributed by atoms with E-state index in [2.05, 4.69) is 4.98 Å². The number of imidazole rings is 1. The Bertz CT molecular complexity index is 517. The van der Waals surface area contributed by atoms with Crippen molar-refractivity contribution in [2.24, 2.45) is 5.73 Å². The number of benzene rings is 1. The normalized spacial score (nSPS) is 12.7. The average Bonchev–Trinajstić information content (AvgIpc) is 2.75. The largest absolute Gasteiger partial charge is 0.334 e. The van der Waals surface area contributed by atoms with Gasteiger partial charge in [0.2, 0.25) is 0 Å². The average molecular weight is 251 g/mol. The molecule has 1 unspecified atom stereocenters. The van der Waals surface area contributed by atoms with Gasteiger partial charge in [-0.3, -0.25) is 0 Å². The molecule has 0 fully saturated rings. The molecule has 1 atom stereocenters. The molecule has 2 N–H and O–H groups in total. The molecule has 0 amide bonds. The molecule has 0 aliphatic heterocycles. The number of aryl methyl sites for hydroxylation is 1. The Hall–Kier alpha value is -1.75. The molecule has 18 heavy (non-hydrogen) atoms. The van der Waals surface area contributed by atoms with Crippen LogP contribution >= 0.6 is 0 Å². The summed E-state index contributed by atoms with van der Waals surface area (Å²) in [6, 6.07) is 3.06. The van der Waals surface area contributed by atoms with Crippen LogP contribution in [0.15, 0.2) is 30.6 Å². The molecule has 0 spiro atoms. The Balaban J connectivity index is 2.18. The predicted molar refractivity (Wildman–Crippen MR) is 64.9 cm³/mol. The lowest BCUT2D eigenvalue weighted by Gasteiger charge is -2.13. The van der Waals surface area contributed by atoms with Crippen molar-refractivity contribution in [2.75, 3.05) is 0 Å². The molecule has 0 aliphatic carbocycles. The quantitative estimate of drug-likeness (QED) is 0.907. The van der Waals surface area contributed by atoms with Gasteiger partial charge in [0.1, 0.15) is 17.5 Å². The van der Waals surface area contributed by atoms with Gasteiger partial charge in [0.15, 0.2) is 0 Å². The third-order valence-electron chi connectivity index (χ3n) is 2.80. The molecule has 0 aliphatic rings. The van der Waals surface area contributed by atoms with E-state index < -0.39 is 11.6 Å². The van der Waals surface area contributed by atoms with E-state index in [9.17, 15) is 8.78 Å². The molecule has 2 rings (SSSR count). The minimum Gasteiger partial charge on any atom is -0.334 e. The summed E-state index contributed by atoms with van der Waals surface area (Å²) in [6.45, 7) is 2.75. The Labute approximate surface area is 104 Å². The van der Waals surface area contributed by atoms with E-state index in [4.69, 9.17) is 5.73 Å². The van der Waals surface area contributed by atoms with Crippen LogP contribution in [0.25, 0.3) is 0 Å². The highest BCUT2D eigenvalue weighted by atomic mass is 19.1. The molecule has 0 bridgehead atoms. The molecule has 0 saturated heterocycles. The van der Waals surface area contributed by atoms with Crippen molar-refractivity contribution in [3.63, 3.8) is 0 Å². The second kappa shape index (κ2) is 5.27. The summed E-state index contributed by atoms with van der Waals surface area (Å²) in [5.74, 6) is -0.450. The van der Waals surface area contributed by atoms with E-state index in [1.807, 2.05) is 17.7 Å². The summed E-state index contributed by atoms with van der Waals surface area (Å²) in [5.41, 5.74) is 6.55. The van der Waals surface area contributed by atoms with Crippen LogP contribution in [0.4, 0.5) is 8.78 Å². The Kier molecular flexibility index (Phi) is 3.72. The zero-order valence-electron chi connectivity index (χ0n) is 10.1. The van der Waals surface area contributed by atoms with Gasteiger partial charge in [0.25, 0.3) is 0 Å². The van der Waals surface area contributed by atoms with Crippen LogP contribution in [-0.4, -0.2) is 9.55 Å². The lowest BCUT2D eigenvalue weighted by molar-refractivity contribution is 0.568. The first-order valence-electron chi connectivity index (χ1n) is 5.81. The van der Waals surface area contributed by atoms with Crippen molar-refractivity contribution in [1.29, 1.82) is 0 Å². The number of hydrogen-bond acceptors (Lipinski definition) is 2. The fourth-order valence-electron chi connectivity index (χ4n) is 1.99. The zero-order valence-corrected chi connectivity index (χ0v) is 10.1. The fourth-order valence-corrected chi connectivity index (χ4v) is 1.99. The first-order chi connectivity index (χ1) is 8.60. The standard InChI is InChI=1S/C13H15F2N3/c1-2-18-4-3-17-13(18)12(16)7-9-5-10(14)8-11(15)6-9/h3-6,8,12H,2,7,16H2,1H3. The fraction of sp³-hybridized carbons (Fsp3) is 0.308. The Morgan fingerprint density at radius 3 is 2.56 bits per heavy atom. The van der Waals surface area contributed by atoms with E-state index in [1.165, 1.54) is 12.1 Å². The maximum Gasteiger partial charge on any atom is 0.126 e. The number of aromatic nitrogens is 2. The number of nitrogens with zero attached hydrogens (tertiary/aromatic N) is 2. The molecule has 3 nitrogen and oxygen atoms in total. The first kappa shape index (κ1) is 12.7. The van der Waals surface area contributed by atoms with Crippen LogP contribution in [0, 0.1) is 11.6 Å². The van der Waals surface area contributed by atoms with E-state index >= 15 is 0 Å². The maximum absolute atomic E-state index is 13.1. The molecular weight excluding hydrogens is 236 g/mol. The van der Waals surface area contributed by atoms with Crippen molar-refractivity contribution in [3.05, 3.63) is 53.6 Å². The molecule has 1 heterocycles. The highest BCUT2D eigenvalue weighted by Gasteiger charge is 2.13. The van der Waals surface area contributed by atoms with Crippen LogP contribution in [0.2, 0.25) is 0 Å².